The second kappa shape index (κ2) is 37.8. The molecule has 5 amide bonds. The fourth-order valence-electron chi connectivity index (χ4n) is 18.3. The third-order valence-electron chi connectivity index (χ3n) is 25.3. The Morgan fingerprint density at radius 3 is 1.22 bits per heavy atom. The van der Waals surface area contributed by atoms with Crippen molar-refractivity contribution in [1.29, 1.82) is 0 Å². The SMILES string of the molecule is Cc1cc(-c2ccc(CN3Cc4ncccc4C3=O)c(F)c2)cnc1Cl.Cc1ccc(-c2cccc3nn(C)cc23)cc1CN1Cc2ncccc2C1=O.Cn1cc2c(-c3cccc(CN4Cc5ncccc5C4=O)c3F)cccc2n1.Cn1cc2ccc(-c3ccc(F)c(CN4Cc5ncccc5C4=O)c3)cc2n1.O=C1c2cccnc2CN1Cc1ccc(-c2ccnc3ccccc23)cc1F. The van der Waals surface area contributed by atoms with Crippen LogP contribution >= 0.6 is 11.6 Å². The lowest BCUT2D eigenvalue weighted by Crippen LogP contribution is -2.23. The molecule has 0 fully saturated rings. The fraction of sp³-hybridized carbons (Fsp3) is 0.136. The van der Waals surface area contributed by atoms with E-state index in [1.165, 1.54) is 23.8 Å². The maximum atomic E-state index is 15.4. The molecule has 0 N–H and O–H groups in total. The van der Waals surface area contributed by atoms with Gasteiger partial charge in [0.25, 0.3) is 29.5 Å². The molecule has 5 aliphatic heterocycles. The number of carbonyl (C=O) groups is 5. The van der Waals surface area contributed by atoms with E-state index < -0.39 is 0 Å². The topological polar surface area (TPSA) is 245 Å². The van der Waals surface area contributed by atoms with E-state index in [0.717, 1.165) is 139 Å². The van der Waals surface area contributed by atoms with Crippen LogP contribution < -0.4 is 0 Å². The Morgan fingerprint density at radius 2 is 0.681 bits per heavy atom. The molecule has 138 heavy (non-hydrogen) atoms. The molecular formula is C110H85ClF4N18O5. The van der Waals surface area contributed by atoms with Gasteiger partial charge in [0.1, 0.15) is 28.4 Å². The zero-order valence-electron chi connectivity index (χ0n) is 75.4. The number of fused-ring (bicyclic) bond motifs is 9. The zero-order chi connectivity index (χ0) is 95.1. The number of pyridine rings is 7. The van der Waals surface area contributed by atoms with Crippen LogP contribution in [0.1, 0.15) is 119 Å². The first-order valence-corrected chi connectivity index (χ1v) is 45.0. The molecule has 0 aliphatic carbocycles. The fourth-order valence-corrected chi connectivity index (χ4v) is 18.4. The summed E-state index contributed by atoms with van der Waals surface area (Å²) in [6.45, 7) is 7.55. The highest BCUT2D eigenvalue weighted by Crippen LogP contribution is 2.39. The molecule has 0 bridgehead atoms. The van der Waals surface area contributed by atoms with E-state index >= 15 is 4.39 Å². The number of para-hydroxylation sites is 1. The van der Waals surface area contributed by atoms with Crippen LogP contribution in [0.4, 0.5) is 17.6 Å². The van der Waals surface area contributed by atoms with Gasteiger partial charge in [-0.05, 0) is 202 Å². The van der Waals surface area contributed by atoms with E-state index in [1.54, 1.807) is 151 Å². The van der Waals surface area contributed by atoms with E-state index in [2.05, 4.69) is 87.6 Å². The van der Waals surface area contributed by atoms with Gasteiger partial charge in [0.2, 0.25) is 0 Å². The Hall–Kier alpha value is -16.9. The quantitative estimate of drug-likeness (QED) is 0.0684. The first-order chi connectivity index (χ1) is 67.0. The monoisotopic (exact) mass is 1850 g/mol. The minimum Gasteiger partial charge on any atom is -0.328 e. The molecule has 15 heterocycles. The Labute approximate surface area is 794 Å². The van der Waals surface area contributed by atoms with Crippen LogP contribution in [0.5, 0.6) is 0 Å². The first-order valence-electron chi connectivity index (χ1n) is 44.7. The minimum absolute atomic E-state index is 0.0577. The van der Waals surface area contributed by atoms with Gasteiger partial charge in [-0.25, -0.2) is 22.5 Å². The van der Waals surface area contributed by atoms with Crippen LogP contribution in [0, 0.1) is 37.1 Å². The van der Waals surface area contributed by atoms with Gasteiger partial charge in [0.05, 0.1) is 111 Å². The lowest BCUT2D eigenvalue weighted by molar-refractivity contribution is 0.0757. The maximum absolute atomic E-state index is 15.4. The van der Waals surface area contributed by atoms with Crippen LogP contribution in [0.15, 0.2) is 305 Å². The summed E-state index contributed by atoms with van der Waals surface area (Å²) in [5, 5.41) is 17.9. The molecule has 0 unspecified atom stereocenters. The summed E-state index contributed by atoms with van der Waals surface area (Å²) in [5.41, 5.74) is 24.3. The van der Waals surface area contributed by atoms with Crippen molar-refractivity contribution in [1.82, 2.24) is 88.7 Å². The molecule has 0 atom stereocenters. The van der Waals surface area contributed by atoms with Crippen molar-refractivity contribution in [2.24, 2.45) is 21.1 Å². The van der Waals surface area contributed by atoms with Gasteiger partial charge < -0.3 is 24.5 Å². The van der Waals surface area contributed by atoms with Crippen LogP contribution in [-0.4, -0.2) is 118 Å². The maximum Gasteiger partial charge on any atom is 0.256 e. The van der Waals surface area contributed by atoms with Gasteiger partial charge in [-0.2, -0.15) is 15.3 Å². The van der Waals surface area contributed by atoms with Gasteiger partial charge in [0.15, 0.2) is 0 Å². The van der Waals surface area contributed by atoms with Crippen LogP contribution in [-0.2, 0) is 86.6 Å². The summed E-state index contributed by atoms with van der Waals surface area (Å²) >= 11 is 5.94. The highest BCUT2D eigenvalue weighted by atomic mass is 35.5. The summed E-state index contributed by atoms with van der Waals surface area (Å²) in [5.74, 6) is -1.69. The highest BCUT2D eigenvalue weighted by molar-refractivity contribution is 6.30. The predicted molar refractivity (Wildman–Crippen MR) is 519 cm³/mol. The van der Waals surface area contributed by atoms with E-state index in [1.807, 2.05) is 171 Å². The molecule has 28 heteroatoms. The number of benzene rings is 9. The zero-order valence-corrected chi connectivity index (χ0v) is 76.2. The number of halogens is 5. The molecule has 0 saturated carbocycles. The average molecular weight is 1850 g/mol. The lowest BCUT2D eigenvalue weighted by Gasteiger charge is -2.18. The Balaban J connectivity index is 0.000000106. The van der Waals surface area contributed by atoms with Crippen molar-refractivity contribution in [2.45, 2.75) is 79.3 Å². The summed E-state index contributed by atoms with van der Waals surface area (Å²) in [6, 6.07) is 74.1. The van der Waals surface area contributed by atoms with E-state index in [-0.39, 0.29) is 79.0 Å². The van der Waals surface area contributed by atoms with Gasteiger partial charge in [-0.15, -0.1) is 0 Å². The molecule has 0 radical (unpaired) electrons. The third-order valence-corrected chi connectivity index (χ3v) is 25.7. The molecule has 9 aromatic carbocycles. The third kappa shape index (κ3) is 18.1. The van der Waals surface area contributed by atoms with Crippen molar-refractivity contribution >= 4 is 84.7 Å². The van der Waals surface area contributed by atoms with E-state index in [0.29, 0.717) is 94.5 Å². The Bertz CT molecular complexity index is 8030. The number of carbonyl (C=O) groups excluding carboxylic acids is 5. The largest absolute Gasteiger partial charge is 0.328 e. The second-order valence-corrected chi connectivity index (χ2v) is 34.9. The van der Waals surface area contributed by atoms with Crippen LogP contribution in [0.25, 0.3) is 99.2 Å². The first kappa shape index (κ1) is 89.0. The molecule has 19 aromatic rings. The Morgan fingerprint density at radius 1 is 0.283 bits per heavy atom. The summed E-state index contributed by atoms with van der Waals surface area (Å²) in [6.07, 6.45) is 17.7. The number of rotatable bonds is 15. The number of amides is 5. The molecule has 23 nitrogen and oxygen atoms in total. The van der Waals surface area contributed by atoms with E-state index in [9.17, 15) is 37.1 Å². The molecule has 24 rings (SSSR count). The predicted octanol–water partition coefficient (Wildman–Crippen LogP) is 21.0. The van der Waals surface area contributed by atoms with Crippen molar-refractivity contribution in [3.05, 3.63) is 428 Å². The number of aryl methyl sites for hydroxylation is 5. The van der Waals surface area contributed by atoms with Crippen LogP contribution in [0.3, 0.4) is 0 Å². The average Bonchev–Trinajstić information content (AvgIpc) is 1.53. The van der Waals surface area contributed by atoms with Crippen molar-refractivity contribution in [2.75, 3.05) is 0 Å². The molecule has 5 aliphatic rings. The standard InChI is InChI=1S/C23H16FN3O.C23H20N4O.2C22H17FN4O.C20H15ClFN3O/c24-20-12-15(17-9-11-26-21-6-2-1-4-18(17)21)7-8-16(20)13-27-14-22-19(23(27)28)5-3-10-25-22;1-15-8-9-16(18-5-3-7-21-20(18)13-26(2)25-21)11-17(15)12-27-14-22-19(23(27)28)6-4-10-24-22;1-26-12-18-15(6-3-9-19(18)25-26)16-7-2-5-14(21(16)23)11-27-13-20-17(22(27)28)8-4-10-24-20;1-26-11-16-5-4-15(10-20(16)25-26)14-6-7-19(23)17(9-14)12-27-13-21-18(22(27)28)3-2-8-24-21;1-12-7-15(9-24-19(12)21)13-4-5-14(17(22)8-13)10-25-11-18-16(20(25)26)3-2-6-23-18/h1-12H,13-14H2;3-11,13H,12,14H2,1-2H3;2-10,12H,11,13H2,1H3;2-11H,12-13H2,1H3;2-9H,10-11H2,1H3. The number of aromatic nitrogens is 13. The van der Waals surface area contributed by atoms with Gasteiger partial charge in [-0.1, -0.05) is 127 Å². The second-order valence-electron chi connectivity index (χ2n) is 34.5. The lowest BCUT2D eigenvalue weighted by atomic mass is 9.97. The molecule has 680 valence electrons. The normalized spacial score (nSPS) is 13.3. The van der Waals surface area contributed by atoms with Gasteiger partial charge >= 0.3 is 0 Å². The number of hydrogen-bond acceptors (Lipinski definition) is 15. The van der Waals surface area contributed by atoms with Crippen LogP contribution in [0.2, 0.25) is 5.15 Å². The molecule has 0 saturated heterocycles. The minimum atomic E-state index is -0.355. The summed E-state index contributed by atoms with van der Waals surface area (Å²) in [7, 11) is 5.67. The van der Waals surface area contributed by atoms with E-state index in [4.69, 9.17) is 11.6 Å². The number of nitrogens with zero attached hydrogens (tertiary/aromatic N) is 18. The highest BCUT2D eigenvalue weighted by Gasteiger charge is 2.35. The molecule has 10 aromatic heterocycles. The Kier molecular flexibility index (Phi) is 24.4. The van der Waals surface area contributed by atoms with Crippen molar-refractivity contribution in [3.8, 4) is 55.6 Å². The number of hydrogen-bond donors (Lipinski definition) is 0. The summed E-state index contributed by atoms with van der Waals surface area (Å²) in [4.78, 5) is 101. The molecule has 0 spiro atoms. The van der Waals surface area contributed by atoms with Crippen molar-refractivity contribution < 1.29 is 41.5 Å². The summed E-state index contributed by atoms with van der Waals surface area (Å²) < 4.78 is 64.7. The smallest absolute Gasteiger partial charge is 0.256 e. The van der Waals surface area contributed by atoms with Gasteiger partial charge in [0, 0.05) is 171 Å². The van der Waals surface area contributed by atoms with Crippen molar-refractivity contribution in [3.63, 3.8) is 0 Å². The van der Waals surface area contributed by atoms with Gasteiger partial charge in [-0.3, -0.25) is 67.9 Å². The molecular weight excluding hydrogens is 1760 g/mol.